The molecule has 0 aliphatic heterocycles. The zero-order valence-corrected chi connectivity index (χ0v) is 13.4. The third kappa shape index (κ3) is 3.33. The minimum atomic E-state index is -0.886. The molecule has 0 amide bonds. The molecule has 1 aromatic heterocycles. The van der Waals surface area contributed by atoms with Crippen LogP contribution in [-0.2, 0) is 11.3 Å². The molecule has 0 aliphatic carbocycles. The summed E-state index contributed by atoms with van der Waals surface area (Å²) in [5.41, 5.74) is 0.828. The van der Waals surface area contributed by atoms with Gasteiger partial charge in [-0.15, -0.1) is 10.2 Å². The van der Waals surface area contributed by atoms with Crippen molar-refractivity contribution >= 4 is 17.7 Å². The smallest absolute Gasteiger partial charge is 0.313 e. The second-order valence-electron chi connectivity index (χ2n) is 4.30. The predicted octanol–water partition coefficient (Wildman–Crippen LogP) is 2.16. The number of rotatable bonds is 7. The number of methoxy groups -OCH3 is 2. The maximum absolute atomic E-state index is 10.7. The first-order valence-corrected chi connectivity index (χ1v) is 7.59. The fraction of sp³-hybridized carbons (Fsp3) is 0.357. The molecule has 0 aliphatic rings. The van der Waals surface area contributed by atoms with Gasteiger partial charge >= 0.3 is 5.97 Å². The number of aromatic nitrogens is 3. The summed E-state index contributed by atoms with van der Waals surface area (Å²) in [6.07, 6.45) is 0. The zero-order chi connectivity index (χ0) is 16.1. The minimum absolute atomic E-state index is 0.0515. The number of nitrogens with zero attached hydrogens (tertiary/aromatic N) is 3. The number of ether oxygens (including phenoxy) is 2. The summed E-state index contributed by atoms with van der Waals surface area (Å²) in [4.78, 5) is 10.7. The summed E-state index contributed by atoms with van der Waals surface area (Å²) in [6, 6.07) is 5.48. The van der Waals surface area contributed by atoms with Crippen LogP contribution >= 0.6 is 11.8 Å². The number of aliphatic carboxylic acids is 1. The molecule has 0 fully saturated rings. The van der Waals surface area contributed by atoms with Gasteiger partial charge in [-0.1, -0.05) is 11.8 Å². The second kappa shape index (κ2) is 7.17. The highest BCUT2D eigenvalue weighted by Gasteiger charge is 2.16. The Labute approximate surface area is 132 Å². The van der Waals surface area contributed by atoms with Crippen molar-refractivity contribution in [1.82, 2.24) is 14.8 Å². The van der Waals surface area contributed by atoms with E-state index in [1.54, 1.807) is 20.3 Å². The Kier molecular flexibility index (Phi) is 5.26. The lowest BCUT2D eigenvalue weighted by molar-refractivity contribution is -0.133. The van der Waals surface area contributed by atoms with Crippen molar-refractivity contribution < 1.29 is 19.4 Å². The molecule has 1 aromatic carbocycles. The van der Waals surface area contributed by atoms with Gasteiger partial charge in [-0.3, -0.25) is 4.79 Å². The predicted molar refractivity (Wildman–Crippen MR) is 82.6 cm³/mol. The molecule has 0 spiro atoms. The van der Waals surface area contributed by atoms with E-state index in [9.17, 15) is 4.79 Å². The van der Waals surface area contributed by atoms with Crippen LogP contribution in [0.2, 0.25) is 0 Å². The van der Waals surface area contributed by atoms with Gasteiger partial charge in [-0.2, -0.15) is 0 Å². The summed E-state index contributed by atoms with van der Waals surface area (Å²) in [6.45, 7) is 2.59. The molecule has 7 nitrogen and oxygen atoms in total. The van der Waals surface area contributed by atoms with Gasteiger partial charge in [-0.25, -0.2) is 0 Å². The van der Waals surface area contributed by atoms with Gasteiger partial charge in [0.1, 0.15) is 0 Å². The standard InChI is InChI=1S/C14H17N3O4S/c1-4-17-13(15-16-14(17)22-8-12(18)19)9-5-6-10(20-2)11(7-9)21-3/h5-7H,4,8H2,1-3H3,(H,18,19). The van der Waals surface area contributed by atoms with Crippen LogP contribution in [-0.4, -0.2) is 45.8 Å². The molecule has 2 aromatic rings. The van der Waals surface area contributed by atoms with Gasteiger partial charge in [0, 0.05) is 12.1 Å². The van der Waals surface area contributed by atoms with Crippen molar-refractivity contribution in [3.8, 4) is 22.9 Å². The summed E-state index contributed by atoms with van der Waals surface area (Å²) < 4.78 is 12.4. The molecular formula is C14H17N3O4S. The molecule has 2 rings (SSSR count). The molecular weight excluding hydrogens is 306 g/mol. The first kappa shape index (κ1) is 16.2. The van der Waals surface area contributed by atoms with Crippen molar-refractivity contribution in [2.24, 2.45) is 0 Å². The number of carbonyl (C=O) groups is 1. The van der Waals surface area contributed by atoms with E-state index < -0.39 is 5.97 Å². The molecule has 0 bridgehead atoms. The van der Waals surface area contributed by atoms with Crippen molar-refractivity contribution in [3.63, 3.8) is 0 Å². The summed E-state index contributed by atoms with van der Waals surface area (Å²) in [7, 11) is 3.15. The Balaban J connectivity index is 2.38. The second-order valence-corrected chi connectivity index (χ2v) is 5.25. The summed E-state index contributed by atoms with van der Waals surface area (Å²) in [5, 5.41) is 17.6. The maximum atomic E-state index is 10.7. The molecule has 0 radical (unpaired) electrons. The third-order valence-electron chi connectivity index (χ3n) is 3.00. The van der Waals surface area contributed by atoms with Crippen molar-refractivity contribution in [3.05, 3.63) is 18.2 Å². The average Bonchev–Trinajstić information content (AvgIpc) is 2.94. The van der Waals surface area contributed by atoms with Crippen LogP contribution in [0.4, 0.5) is 0 Å². The Morgan fingerprint density at radius 3 is 2.59 bits per heavy atom. The highest BCUT2D eigenvalue weighted by molar-refractivity contribution is 7.99. The molecule has 118 valence electrons. The first-order chi connectivity index (χ1) is 10.6. The van der Waals surface area contributed by atoms with E-state index >= 15 is 0 Å². The lowest BCUT2D eigenvalue weighted by Gasteiger charge is -2.10. The van der Waals surface area contributed by atoms with Crippen LogP contribution in [0, 0.1) is 0 Å². The number of carboxylic acid groups (broad SMARTS) is 1. The van der Waals surface area contributed by atoms with Gasteiger partial charge < -0.3 is 19.1 Å². The summed E-state index contributed by atoms with van der Waals surface area (Å²) >= 11 is 1.15. The van der Waals surface area contributed by atoms with Crippen LogP contribution in [0.15, 0.2) is 23.4 Å². The van der Waals surface area contributed by atoms with Gasteiger partial charge in [0.15, 0.2) is 22.5 Å². The Hall–Kier alpha value is -2.22. The molecule has 0 unspecified atom stereocenters. The Bertz CT molecular complexity index is 672. The quantitative estimate of drug-likeness (QED) is 0.781. The largest absolute Gasteiger partial charge is 0.493 e. The molecule has 0 saturated heterocycles. The van der Waals surface area contributed by atoms with Crippen LogP contribution in [0.5, 0.6) is 11.5 Å². The number of thioether (sulfide) groups is 1. The molecule has 0 atom stereocenters. The maximum Gasteiger partial charge on any atom is 0.313 e. The van der Waals surface area contributed by atoms with Crippen molar-refractivity contribution in [1.29, 1.82) is 0 Å². The van der Waals surface area contributed by atoms with Gasteiger partial charge in [0.05, 0.1) is 20.0 Å². The van der Waals surface area contributed by atoms with Crippen molar-refractivity contribution in [2.75, 3.05) is 20.0 Å². The molecule has 1 heterocycles. The van der Waals surface area contributed by atoms with Crippen LogP contribution < -0.4 is 9.47 Å². The van der Waals surface area contributed by atoms with Crippen LogP contribution in [0.25, 0.3) is 11.4 Å². The van der Waals surface area contributed by atoms with E-state index in [4.69, 9.17) is 14.6 Å². The first-order valence-electron chi connectivity index (χ1n) is 6.60. The number of benzene rings is 1. The zero-order valence-electron chi connectivity index (χ0n) is 12.6. The van der Waals surface area contributed by atoms with E-state index in [1.807, 2.05) is 23.6 Å². The van der Waals surface area contributed by atoms with Crippen molar-refractivity contribution in [2.45, 2.75) is 18.6 Å². The number of carboxylic acids is 1. The van der Waals surface area contributed by atoms with Gasteiger partial charge in [-0.05, 0) is 25.1 Å². The van der Waals surface area contributed by atoms with Gasteiger partial charge in [0.2, 0.25) is 0 Å². The SMILES string of the molecule is CCn1c(SCC(=O)O)nnc1-c1ccc(OC)c(OC)c1. The third-order valence-corrected chi connectivity index (χ3v) is 3.95. The van der Waals surface area contributed by atoms with E-state index in [0.29, 0.717) is 29.0 Å². The average molecular weight is 323 g/mol. The molecule has 0 saturated carbocycles. The van der Waals surface area contributed by atoms with E-state index in [1.165, 1.54) is 0 Å². The normalized spacial score (nSPS) is 10.5. The highest BCUT2D eigenvalue weighted by Crippen LogP contribution is 2.32. The minimum Gasteiger partial charge on any atom is -0.493 e. The monoisotopic (exact) mass is 323 g/mol. The fourth-order valence-electron chi connectivity index (χ4n) is 2.00. The highest BCUT2D eigenvalue weighted by atomic mass is 32.2. The Morgan fingerprint density at radius 2 is 2.00 bits per heavy atom. The van der Waals surface area contributed by atoms with Crippen LogP contribution in [0.1, 0.15) is 6.92 Å². The topological polar surface area (TPSA) is 86.5 Å². The van der Waals surface area contributed by atoms with E-state index in [0.717, 1.165) is 17.3 Å². The lowest BCUT2D eigenvalue weighted by atomic mass is 10.2. The molecule has 1 N–H and O–H groups in total. The lowest BCUT2D eigenvalue weighted by Crippen LogP contribution is -2.03. The fourth-order valence-corrected chi connectivity index (χ4v) is 2.72. The number of hydrogen-bond acceptors (Lipinski definition) is 6. The van der Waals surface area contributed by atoms with E-state index in [2.05, 4.69) is 10.2 Å². The summed E-state index contributed by atoms with van der Waals surface area (Å²) in [5.74, 6) is 0.962. The van der Waals surface area contributed by atoms with Crippen LogP contribution in [0.3, 0.4) is 0 Å². The Morgan fingerprint density at radius 1 is 1.27 bits per heavy atom. The molecule has 8 heteroatoms. The molecule has 22 heavy (non-hydrogen) atoms. The number of hydrogen-bond donors (Lipinski definition) is 1. The van der Waals surface area contributed by atoms with Gasteiger partial charge in [0.25, 0.3) is 0 Å². The van der Waals surface area contributed by atoms with E-state index in [-0.39, 0.29) is 5.75 Å².